The molecule has 2 N–H and O–H groups in total. The smallest absolute Gasteiger partial charge is 0.161 e. The van der Waals surface area contributed by atoms with Gasteiger partial charge in [-0.15, -0.1) is 0 Å². The highest BCUT2D eigenvalue weighted by Crippen LogP contribution is 2.27. The number of ketones is 1. The number of nitrogens with zero attached hydrogens (tertiary/aromatic N) is 3. The number of piperidine rings is 1. The lowest BCUT2D eigenvalue weighted by molar-refractivity contribution is 0.0684. The molecule has 25 heavy (non-hydrogen) atoms. The van der Waals surface area contributed by atoms with Crippen molar-refractivity contribution in [1.29, 1.82) is 0 Å². The SMILES string of the molecule is CC(=O)c1cc(CN2C[C@@H](CN3CCC(O)CC3)[C@@H](CO)C2)n(C)c1. The van der Waals surface area contributed by atoms with Gasteiger partial charge in [-0.3, -0.25) is 9.69 Å². The Balaban J connectivity index is 1.58. The third kappa shape index (κ3) is 4.50. The summed E-state index contributed by atoms with van der Waals surface area (Å²) < 4.78 is 2.03. The molecule has 0 unspecified atom stereocenters. The Labute approximate surface area is 150 Å². The molecule has 0 radical (unpaired) electrons. The number of hydrogen-bond acceptors (Lipinski definition) is 5. The molecule has 1 aromatic rings. The first-order valence-electron chi connectivity index (χ1n) is 9.36. The maximum atomic E-state index is 11.6. The van der Waals surface area contributed by atoms with Crippen LogP contribution in [0.15, 0.2) is 12.3 Å². The van der Waals surface area contributed by atoms with E-state index in [4.69, 9.17) is 0 Å². The van der Waals surface area contributed by atoms with Crippen LogP contribution in [0.3, 0.4) is 0 Å². The molecule has 0 bridgehead atoms. The largest absolute Gasteiger partial charge is 0.396 e. The first-order valence-corrected chi connectivity index (χ1v) is 9.36. The molecule has 1 aromatic heterocycles. The zero-order valence-electron chi connectivity index (χ0n) is 15.4. The van der Waals surface area contributed by atoms with Crippen molar-refractivity contribution >= 4 is 5.78 Å². The summed E-state index contributed by atoms with van der Waals surface area (Å²) >= 11 is 0. The minimum absolute atomic E-state index is 0.0988. The molecule has 2 aliphatic heterocycles. The highest BCUT2D eigenvalue weighted by molar-refractivity contribution is 5.94. The molecular weight excluding hydrogens is 318 g/mol. The van der Waals surface area contributed by atoms with E-state index in [0.717, 1.165) is 63.4 Å². The van der Waals surface area contributed by atoms with Gasteiger partial charge in [0.15, 0.2) is 5.78 Å². The Bertz CT molecular complexity index is 593. The maximum Gasteiger partial charge on any atom is 0.161 e. The van der Waals surface area contributed by atoms with E-state index in [0.29, 0.717) is 11.8 Å². The second kappa shape index (κ2) is 7.99. The highest BCUT2D eigenvalue weighted by atomic mass is 16.3. The fourth-order valence-electron chi connectivity index (χ4n) is 4.20. The van der Waals surface area contributed by atoms with E-state index >= 15 is 0 Å². The number of aromatic nitrogens is 1. The van der Waals surface area contributed by atoms with Gasteiger partial charge in [-0.2, -0.15) is 0 Å². The van der Waals surface area contributed by atoms with Gasteiger partial charge in [0.25, 0.3) is 0 Å². The number of likely N-dealkylation sites (tertiary alicyclic amines) is 2. The monoisotopic (exact) mass is 349 g/mol. The molecule has 140 valence electrons. The van der Waals surface area contributed by atoms with Crippen molar-refractivity contribution < 1.29 is 15.0 Å². The number of aliphatic hydroxyl groups is 2. The number of carbonyl (C=O) groups is 1. The molecule has 3 heterocycles. The van der Waals surface area contributed by atoms with Crippen molar-refractivity contribution in [2.75, 3.05) is 39.3 Å². The minimum Gasteiger partial charge on any atom is -0.396 e. The van der Waals surface area contributed by atoms with Gasteiger partial charge in [0.2, 0.25) is 0 Å². The van der Waals surface area contributed by atoms with Crippen LogP contribution in [-0.2, 0) is 13.6 Å². The maximum absolute atomic E-state index is 11.6. The van der Waals surface area contributed by atoms with Crippen molar-refractivity contribution in [1.82, 2.24) is 14.4 Å². The van der Waals surface area contributed by atoms with Gasteiger partial charge >= 0.3 is 0 Å². The third-order valence-corrected chi connectivity index (χ3v) is 5.84. The molecule has 3 rings (SSSR count). The second-order valence-electron chi connectivity index (χ2n) is 7.82. The Morgan fingerprint density at radius 3 is 2.48 bits per heavy atom. The van der Waals surface area contributed by atoms with Crippen molar-refractivity contribution in [2.24, 2.45) is 18.9 Å². The average Bonchev–Trinajstić information content (AvgIpc) is 3.14. The van der Waals surface area contributed by atoms with Crippen molar-refractivity contribution in [3.8, 4) is 0 Å². The predicted octanol–water partition coefficient (Wildman–Crippen LogP) is 0.725. The van der Waals surface area contributed by atoms with E-state index in [1.54, 1.807) is 6.92 Å². The molecule has 2 saturated heterocycles. The van der Waals surface area contributed by atoms with Gasteiger partial charge in [0.05, 0.1) is 6.10 Å². The van der Waals surface area contributed by atoms with Crippen LogP contribution in [0.5, 0.6) is 0 Å². The quantitative estimate of drug-likeness (QED) is 0.741. The molecule has 0 saturated carbocycles. The van der Waals surface area contributed by atoms with Gasteiger partial charge < -0.3 is 19.7 Å². The van der Waals surface area contributed by atoms with Crippen LogP contribution in [0, 0.1) is 11.8 Å². The van der Waals surface area contributed by atoms with E-state index < -0.39 is 0 Å². The standard InChI is InChI=1S/C19H31N3O3/c1-14(24)15-7-18(20(2)8-15)12-22-10-16(17(11-22)13-23)9-21-5-3-19(25)4-6-21/h7-8,16-17,19,23,25H,3-6,9-13H2,1-2H3/t16-,17-/m1/s1. The summed E-state index contributed by atoms with van der Waals surface area (Å²) in [5.41, 5.74) is 1.91. The van der Waals surface area contributed by atoms with Crippen molar-refractivity contribution in [3.63, 3.8) is 0 Å². The van der Waals surface area contributed by atoms with Crippen LogP contribution in [-0.4, -0.2) is 75.8 Å². The Hall–Kier alpha value is -1.21. The number of aliphatic hydroxyl groups excluding tert-OH is 2. The molecule has 0 aromatic carbocycles. The third-order valence-electron chi connectivity index (χ3n) is 5.84. The highest BCUT2D eigenvalue weighted by Gasteiger charge is 2.34. The minimum atomic E-state index is -0.141. The Morgan fingerprint density at radius 2 is 1.88 bits per heavy atom. The van der Waals surface area contributed by atoms with E-state index in [9.17, 15) is 15.0 Å². The van der Waals surface area contributed by atoms with Crippen LogP contribution >= 0.6 is 0 Å². The second-order valence-corrected chi connectivity index (χ2v) is 7.82. The normalized spacial score (nSPS) is 26.4. The summed E-state index contributed by atoms with van der Waals surface area (Å²) in [6.45, 7) is 7.43. The lowest BCUT2D eigenvalue weighted by Gasteiger charge is -2.32. The summed E-state index contributed by atoms with van der Waals surface area (Å²) in [6.07, 6.45) is 3.47. The first-order chi connectivity index (χ1) is 12.0. The summed E-state index contributed by atoms with van der Waals surface area (Å²) in [6, 6.07) is 1.98. The van der Waals surface area contributed by atoms with Gasteiger partial charge in [-0.1, -0.05) is 0 Å². The van der Waals surface area contributed by atoms with E-state index in [-0.39, 0.29) is 18.5 Å². The summed E-state index contributed by atoms with van der Waals surface area (Å²) in [4.78, 5) is 16.4. The zero-order chi connectivity index (χ0) is 18.0. The van der Waals surface area contributed by atoms with Crippen LogP contribution in [0.1, 0.15) is 35.8 Å². The molecule has 6 heteroatoms. The molecule has 0 spiro atoms. The molecular formula is C19H31N3O3. The van der Waals surface area contributed by atoms with Crippen molar-refractivity contribution in [2.45, 2.75) is 32.4 Å². The van der Waals surface area contributed by atoms with Gasteiger partial charge in [-0.05, 0) is 37.7 Å². The number of rotatable bonds is 6. The topological polar surface area (TPSA) is 68.9 Å². The zero-order valence-corrected chi connectivity index (χ0v) is 15.4. The molecule has 2 atom stereocenters. The Morgan fingerprint density at radius 1 is 1.20 bits per heavy atom. The van der Waals surface area contributed by atoms with Gasteiger partial charge in [-0.25, -0.2) is 0 Å². The first kappa shape index (κ1) is 18.6. The molecule has 6 nitrogen and oxygen atoms in total. The van der Waals surface area contributed by atoms with Gasteiger partial charge in [0, 0.05) is 70.4 Å². The van der Waals surface area contributed by atoms with E-state index in [1.807, 2.05) is 23.9 Å². The number of hydrogen-bond donors (Lipinski definition) is 2. The van der Waals surface area contributed by atoms with E-state index in [1.165, 1.54) is 0 Å². The van der Waals surface area contributed by atoms with Gasteiger partial charge in [0.1, 0.15) is 0 Å². The molecule has 2 aliphatic rings. The number of Topliss-reactive ketones (excluding diaryl/α,β-unsaturated/α-hetero) is 1. The lowest BCUT2D eigenvalue weighted by Crippen LogP contribution is -2.40. The Kier molecular flexibility index (Phi) is 5.94. The number of carbonyl (C=O) groups excluding carboxylic acids is 1. The molecule has 2 fully saturated rings. The van der Waals surface area contributed by atoms with Crippen LogP contribution in [0.2, 0.25) is 0 Å². The van der Waals surface area contributed by atoms with Crippen molar-refractivity contribution in [3.05, 3.63) is 23.5 Å². The van der Waals surface area contributed by atoms with Crippen LogP contribution in [0.4, 0.5) is 0 Å². The summed E-state index contributed by atoms with van der Waals surface area (Å²) in [5, 5.41) is 19.4. The fraction of sp³-hybridized carbons (Fsp3) is 0.737. The summed E-state index contributed by atoms with van der Waals surface area (Å²) in [5.74, 6) is 0.869. The van der Waals surface area contributed by atoms with E-state index in [2.05, 4.69) is 9.80 Å². The lowest BCUT2D eigenvalue weighted by atomic mass is 9.95. The predicted molar refractivity (Wildman–Crippen MR) is 96.4 cm³/mol. The molecule has 0 aliphatic carbocycles. The summed E-state index contributed by atoms with van der Waals surface area (Å²) in [7, 11) is 1.98. The number of aryl methyl sites for hydroxylation is 1. The van der Waals surface area contributed by atoms with Crippen LogP contribution in [0.25, 0.3) is 0 Å². The fourth-order valence-corrected chi connectivity index (χ4v) is 4.20. The average molecular weight is 349 g/mol. The molecule has 0 amide bonds. The van der Waals surface area contributed by atoms with Crippen LogP contribution < -0.4 is 0 Å².